The van der Waals surface area contributed by atoms with Crippen LogP contribution in [-0.4, -0.2) is 39.9 Å². The maximum atomic E-state index is 13.8. The first kappa shape index (κ1) is 19.8. The third kappa shape index (κ3) is 3.84. The number of hydrogen-bond donors (Lipinski definition) is 1. The predicted octanol–water partition coefficient (Wildman–Crippen LogP) is 4.72. The maximum absolute atomic E-state index is 13.8. The van der Waals surface area contributed by atoms with Crippen molar-refractivity contribution in [2.24, 2.45) is 5.92 Å². The van der Waals surface area contributed by atoms with Crippen LogP contribution in [0.25, 0.3) is 0 Å². The van der Waals surface area contributed by atoms with Crippen LogP contribution in [0.4, 0.5) is 19.0 Å². The topological polar surface area (TPSA) is 50.2 Å². The monoisotopic (exact) mass is 406 g/mol. The summed E-state index contributed by atoms with van der Waals surface area (Å²) in [7, 11) is 0. The molecule has 0 unspecified atom stereocenters. The Balaban J connectivity index is 1.68. The molecule has 2 aliphatic rings. The van der Waals surface area contributed by atoms with E-state index in [1.165, 1.54) is 6.20 Å². The summed E-state index contributed by atoms with van der Waals surface area (Å²) in [5.41, 5.74) is 2.02. The molecule has 1 amide bonds. The van der Waals surface area contributed by atoms with Crippen LogP contribution in [0.3, 0.4) is 0 Å². The standard InChI is InChI=1S/C21H25F3N4O/c1-13-3-5-15(6-4-13)17-11-18(21(22,23)24)28-19(26-17)16(12-25-28)20(29)27-9-7-14(2)8-10-27/h3-6,12,14,17-18,26H,7-11H2,1-2H3/t17-,18+/m1/s1. The molecule has 0 aliphatic carbocycles. The zero-order valence-corrected chi connectivity index (χ0v) is 16.5. The lowest BCUT2D eigenvalue weighted by atomic mass is 9.95. The first-order chi connectivity index (χ1) is 13.7. The lowest BCUT2D eigenvalue weighted by molar-refractivity contribution is -0.173. The van der Waals surface area contributed by atoms with Crippen LogP contribution < -0.4 is 5.32 Å². The van der Waals surface area contributed by atoms with Crippen molar-refractivity contribution in [2.45, 2.75) is 51.4 Å². The van der Waals surface area contributed by atoms with Crippen LogP contribution in [-0.2, 0) is 0 Å². The number of benzene rings is 1. The van der Waals surface area contributed by atoms with Crippen LogP contribution in [0.5, 0.6) is 0 Å². The molecule has 0 spiro atoms. The van der Waals surface area contributed by atoms with Crippen LogP contribution in [0.2, 0.25) is 0 Å². The second-order valence-corrected chi connectivity index (χ2v) is 8.23. The molecule has 156 valence electrons. The van der Waals surface area contributed by atoms with E-state index in [1.807, 2.05) is 31.2 Å². The molecular formula is C21H25F3N4O. The minimum Gasteiger partial charge on any atom is -0.363 e. The van der Waals surface area contributed by atoms with Gasteiger partial charge < -0.3 is 10.2 Å². The predicted molar refractivity (Wildman–Crippen MR) is 104 cm³/mol. The number of carbonyl (C=O) groups excluding carboxylic acids is 1. The molecule has 5 nitrogen and oxygen atoms in total. The molecular weight excluding hydrogens is 381 g/mol. The summed E-state index contributed by atoms with van der Waals surface area (Å²) in [6.45, 7) is 5.32. The van der Waals surface area contributed by atoms with Crippen LogP contribution in [0.1, 0.15) is 59.8 Å². The fourth-order valence-corrected chi connectivity index (χ4v) is 4.12. The molecule has 0 saturated carbocycles. The summed E-state index contributed by atoms with van der Waals surface area (Å²) < 4.78 is 42.3. The second-order valence-electron chi connectivity index (χ2n) is 8.23. The average Bonchev–Trinajstić information content (AvgIpc) is 3.11. The van der Waals surface area contributed by atoms with E-state index in [2.05, 4.69) is 17.3 Å². The number of nitrogens with one attached hydrogen (secondary N) is 1. The van der Waals surface area contributed by atoms with Crippen LogP contribution in [0.15, 0.2) is 30.5 Å². The van der Waals surface area contributed by atoms with E-state index in [1.54, 1.807) is 4.90 Å². The molecule has 1 N–H and O–H groups in total. The van der Waals surface area contributed by atoms with Crippen molar-refractivity contribution in [3.8, 4) is 0 Å². The summed E-state index contributed by atoms with van der Waals surface area (Å²) in [6.07, 6.45) is -1.54. The van der Waals surface area contributed by atoms with Gasteiger partial charge in [0.15, 0.2) is 6.04 Å². The second kappa shape index (κ2) is 7.39. The summed E-state index contributed by atoms with van der Waals surface area (Å²) >= 11 is 0. The lowest BCUT2D eigenvalue weighted by Crippen LogP contribution is -2.39. The maximum Gasteiger partial charge on any atom is 0.410 e. The van der Waals surface area contributed by atoms with E-state index in [0.717, 1.165) is 28.7 Å². The van der Waals surface area contributed by atoms with Gasteiger partial charge in [-0.3, -0.25) is 4.79 Å². The van der Waals surface area contributed by atoms with Gasteiger partial charge in [-0.25, -0.2) is 4.68 Å². The third-order valence-corrected chi connectivity index (χ3v) is 6.02. The fourth-order valence-electron chi connectivity index (χ4n) is 4.12. The molecule has 0 bridgehead atoms. The van der Waals surface area contributed by atoms with Gasteiger partial charge in [0, 0.05) is 19.5 Å². The number of carbonyl (C=O) groups is 1. The number of aryl methyl sites for hydroxylation is 1. The Hall–Kier alpha value is -2.51. The van der Waals surface area contributed by atoms with Crippen molar-refractivity contribution in [1.29, 1.82) is 0 Å². The first-order valence-electron chi connectivity index (χ1n) is 10.0. The fraction of sp³-hybridized carbons (Fsp3) is 0.524. The smallest absolute Gasteiger partial charge is 0.363 e. The highest BCUT2D eigenvalue weighted by Crippen LogP contribution is 2.44. The average molecular weight is 406 g/mol. The Labute approximate surface area is 167 Å². The molecule has 2 atom stereocenters. The molecule has 1 aromatic carbocycles. The summed E-state index contributed by atoms with van der Waals surface area (Å²) in [6, 6.07) is 5.12. The number of aromatic nitrogens is 2. The number of alkyl halides is 3. The molecule has 3 heterocycles. The summed E-state index contributed by atoms with van der Waals surface area (Å²) in [5, 5.41) is 7.13. The van der Waals surface area contributed by atoms with Crippen molar-refractivity contribution in [3.63, 3.8) is 0 Å². The number of hydrogen-bond acceptors (Lipinski definition) is 3. The van der Waals surface area contributed by atoms with E-state index in [4.69, 9.17) is 0 Å². The molecule has 1 saturated heterocycles. The zero-order valence-electron chi connectivity index (χ0n) is 16.5. The van der Waals surface area contributed by atoms with Crippen molar-refractivity contribution in [2.75, 3.05) is 18.4 Å². The van der Waals surface area contributed by atoms with Crippen molar-refractivity contribution < 1.29 is 18.0 Å². The molecule has 4 rings (SSSR count). The van der Waals surface area contributed by atoms with Crippen molar-refractivity contribution in [3.05, 3.63) is 47.2 Å². The van der Waals surface area contributed by atoms with Gasteiger partial charge in [0.05, 0.1) is 12.2 Å². The zero-order chi connectivity index (χ0) is 20.8. The number of likely N-dealkylation sites (tertiary alicyclic amines) is 1. The minimum atomic E-state index is -4.45. The Morgan fingerprint density at radius 1 is 1.17 bits per heavy atom. The molecule has 8 heteroatoms. The van der Waals surface area contributed by atoms with Gasteiger partial charge >= 0.3 is 6.18 Å². The Bertz CT molecular complexity index is 882. The van der Waals surface area contributed by atoms with Gasteiger partial charge in [0.2, 0.25) is 0 Å². The molecule has 1 aromatic heterocycles. The number of fused-ring (bicyclic) bond motifs is 1. The van der Waals surface area contributed by atoms with E-state index in [0.29, 0.717) is 19.0 Å². The molecule has 29 heavy (non-hydrogen) atoms. The minimum absolute atomic E-state index is 0.160. The van der Waals surface area contributed by atoms with Crippen LogP contribution >= 0.6 is 0 Å². The van der Waals surface area contributed by atoms with Gasteiger partial charge in [-0.05, 0) is 31.2 Å². The van der Waals surface area contributed by atoms with E-state index in [9.17, 15) is 18.0 Å². The first-order valence-corrected chi connectivity index (χ1v) is 10.0. The van der Waals surface area contributed by atoms with Gasteiger partial charge in [-0.2, -0.15) is 18.3 Å². The van der Waals surface area contributed by atoms with Gasteiger partial charge in [0.25, 0.3) is 5.91 Å². The SMILES string of the molecule is Cc1ccc([C@H]2C[C@@H](C(F)(F)F)n3ncc(C(=O)N4CCC(C)CC4)c3N2)cc1. The number of halogens is 3. The van der Waals surface area contributed by atoms with Gasteiger partial charge in [-0.1, -0.05) is 36.8 Å². The number of piperidine rings is 1. The quantitative estimate of drug-likeness (QED) is 0.785. The normalized spacial score (nSPS) is 22.9. The number of anilines is 1. The van der Waals surface area contributed by atoms with Crippen molar-refractivity contribution >= 4 is 11.7 Å². The highest BCUT2D eigenvalue weighted by atomic mass is 19.4. The Morgan fingerprint density at radius 2 is 1.83 bits per heavy atom. The molecule has 1 fully saturated rings. The highest BCUT2D eigenvalue weighted by molar-refractivity contribution is 5.99. The number of nitrogens with zero attached hydrogens (tertiary/aromatic N) is 3. The van der Waals surface area contributed by atoms with Gasteiger partial charge in [0.1, 0.15) is 11.4 Å². The van der Waals surface area contributed by atoms with Crippen LogP contribution in [0, 0.1) is 12.8 Å². The third-order valence-electron chi connectivity index (χ3n) is 6.02. The summed E-state index contributed by atoms with van der Waals surface area (Å²) in [4.78, 5) is 14.8. The number of rotatable bonds is 2. The van der Waals surface area contributed by atoms with E-state index >= 15 is 0 Å². The largest absolute Gasteiger partial charge is 0.410 e. The highest BCUT2D eigenvalue weighted by Gasteiger charge is 2.47. The van der Waals surface area contributed by atoms with Crippen molar-refractivity contribution in [1.82, 2.24) is 14.7 Å². The van der Waals surface area contributed by atoms with Gasteiger partial charge in [-0.15, -0.1) is 0 Å². The Morgan fingerprint density at radius 3 is 2.45 bits per heavy atom. The lowest BCUT2D eigenvalue weighted by Gasteiger charge is -2.35. The molecule has 2 aliphatic heterocycles. The number of amides is 1. The van der Waals surface area contributed by atoms with E-state index < -0.39 is 18.3 Å². The molecule has 2 aromatic rings. The molecule has 0 radical (unpaired) electrons. The Kier molecular flexibility index (Phi) is 5.04. The summed E-state index contributed by atoms with van der Waals surface area (Å²) in [5.74, 6) is 0.461. The van der Waals surface area contributed by atoms with E-state index in [-0.39, 0.29) is 23.7 Å².